The highest BCUT2D eigenvalue weighted by atomic mass is 16.4. The molecule has 2 atom stereocenters. The lowest BCUT2D eigenvalue weighted by Gasteiger charge is -2.15. The molecule has 2 heterocycles. The number of benzene rings is 1. The van der Waals surface area contributed by atoms with Gasteiger partial charge in [-0.2, -0.15) is 0 Å². The molecule has 1 fully saturated rings. The molecular formula is C16H15NO4. The van der Waals surface area contributed by atoms with Crippen LogP contribution in [0.2, 0.25) is 0 Å². The summed E-state index contributed by atoms with van der Waals surface area (Å²) in [6.07, 6.45) is 2.82. The van der Waals surface area contributed by atoms with Crippen LogP contribution in [0.25, 0.3) is 0 Å². The Balaban J connectivity index is 1.85. The van der Waals surface area contributed by atoms with E-state index in [2.05, 4.69) is 0 Å². The summed E-state index contributed by atoms with van der Waals surface area (Å²) < 4.78 is 4.92. The molecule has 0 unspecified atom stereocenters. The highest BCUT2D eigenvalue weighted by molar-refractivity contribution is 5.94. The molecule has 1 amide bonds. The van der Waals surface area contributed by atoms with E-state index in [4.69, 9.17) is 4.42 Å². The molecular weight excluding hydrogens is 270 g/mol. The van der Waals surface area contributed by atoms with E-state index in [-0.39, 0.29) is 18.4 Å². The summed E-state index contributed by atoms with van der Waals surface area (Å²) in [6.45, 7) is 0.629. The number of amides is 1. The van der Waals surface area contributed by atoms with Gasteiger partial charge in [-0.15, -0.1) is 0 Å². The third-order valence-corrected chi connectivity index (χ3v) is 3.92. The number of hydrogen-bond donors (Lipinski definition) is 1. The Morgan fingerprint density at radius 2 is 1.90 bits per heavy atom. The number of hydrogen-bond acceptors (Lipinski definition) is 3. The number of furan rings is 1. The van der Waals surface area contributed by atoms with Crippen LogP contribution < -0.4 is 0 Å². The summed E-state index contributed by atoms with van der Waals surface area (Å²) in [5.41, 5.74) is 1.40. The zero-order chi connectivity index (χ0) is 14.8. The molecule has 1 aliphatic heterocycles. The number of carboxylic acids is 1. The highest BCUT2D eigenvalue weighted by Gasteiger charge is 2.40. The molecule has 2 aromatic rings. The van der Waals surface area contributed by atoms with Crippen LogP contribution in [0.3, 0.4) is 0 Å². The minimum Gasteiger partial charge on any atom is -0.481 e. The Morgan fingerprint density at radius 1 is 1.14 bits per heavy atom. The summed E-state index contributed by atoms with van der Waals surface area (Å²) >= 11 is 0. The summed E-state index contributed by atoms with van der Waals surface area (Å²) in [7, 11) is 0. The van der Waals surface area contributed by atoms with E-state index < -0.39 is 11.9 Å². The SMILES string of the molecule is O=C(O)[C@@H]1CN(C(=O)c2ccoc2)C[C@@H]1c1ccccc1. The zero-order valence-electron chi connectivity index (χ0n) is 11.3. The molecule has 0 aliphatic carbocycles. The second-order valence-corrected chi connectivity index (χ2v) is 5.18. The number of carboxylic acid groups (broad SMARTS) is 1. The van der Waals surface area contributed by atoms with E-state index in [9.17, 15) is 14.7 Å². The Bertz CT molecular complexity index is 636. The van der Waals surface area contributed by atoms with Gasteiger partial charge in [-0.1, -0.05) is 30.3 Å². The Labute approximate surface area is 121 Å². The van der Waals surface area contributed by atoms with Crippen LogP contribution in [-0.4, -0.2) is 35.0 Å². The lowest BCUT2D eigenvalue weighted by atomic mass is 9.89. The van der Waals surface area contributed by atoms with E-state index in [1.54, 1.807) is 11.0 Å². The maximum absolute atomic E-state index is 12.3. The molecule has 5 heteroatoms. The highest BCUT2D eigenvalue weighted by Crippen LogP contribution is 2.33. The summed E-state index contributed by atoms with van der Waals surface area (Å²) in [4.78, 5) is 25.4. The van der Waals surface area contributed by atoms with Crippen molar-refractivity contribution in [1.82, 2.24) is 4.90 Å². The van der Waals surface area contributed by atoms with Gasteiger partial charge < -0.3 is 14.4 Å². The molecule has 0 spiro atoms. The van der Waals surface area contributed by atoms with Crippen LogP contribution in [0.4, 0.5) is 0 Å². The molecule has 5 nitrogen and oxygen atoms in total. The summed E-state index contributed by atoms with van der Waals surface area (Å²) in [6, 6.07) is 11.1. The van der Waals surface area contributed by atoms with E-state index >= 15 is 0 Å². The fraction of sp³-hybridized carbons (Fsp3) is 0.250. The van der Waals surface area contributed by atoms with Gasteiger partial charge in [0.05, 0.1) is 17.7 Å². The van der Waals surface area contributed by atoms with E-state index in [0.717, 1.165) is 5.56 Å². The molecule has 1 aromatic heterocycles. The topological polar surface area (TPSA) is 70.8 Å². The van der Waals surface area contributed by atoms with Gasteiger partial charge in [0.15, 0.2) is 0 Å². The minimum absolute atomic E-state index is 0.181. The minimum atomic E-state index is -0.869. The van der Waals surface area contributed by atoms with Crippen LogP contribution in [0.5, 0.6) is 0 Å². The lowest BCUT2D eigenvalue weighted by molar-refractivity contribution is -0.141. The number of aliphatic carboxylic acids is 1. The fourth-order valence-corrected chi connectivity index (χ4v) is 2.83. The van der Waals surface area contributed by atoms with Crippen LogP contribution in [0.15, 0.2) is 53.3 Å². The van der Waals surface area contributed by atoms with Gasteiger partial charge in [-0.25, -0.2) is 0 Å². The van der Waals surface area contributed by atoms with Crippen molar-refractivity contribution in [3.8, 4) is 0 Å². The quantitative estimate of drug-likeness (QED) is 0.938. The average Bonchev–Trinajstić information content (AvgIpc) is 3.17. The maximum atomic E-state index is 12.3. The van der Waals surface area contributed by atoms with Crippen molar-refractivity contribution in [3.63, 3.8) is 0 Å². The fourth-order valence-electron chi connectivity index (χ4n) is 2.83. The molecule has 1 aromatic carbocycles. The van der Waals surface area contributed by atoms with Crippen LogP contribution in [0.1, 0.15) is 21.8 Å². The molecule has 1 N–H and O–H groups in total. The number of rotatable bonds is 3. The third kappa shape index (κ3) is 2.54. The van der Waals surface area contributed by atoms with Crippen molar-refractivity contribution in [3.05, 3.63) is 60.1 Å². The van der Waals surface area contributed by atoms with Gasteiger partial charge >= 0.3 is 5.97 Å². The average molecular weight is 285 g/mol. The first-order valence-electron chi connectivity index (χ1n) is 6.76. The number of likely N-dealkylation sites (tertiary alicyclic amines) is 1. The molecule has 108 valence electrons. The van der Waals surface area contributed by atoms with E-state index in [0.29, 0.717) is 12.1 Å². The zero-order valence-corrected chi connectivity index (χ0v) is 11.3. The predicted octanol–water partition coefficient (Wildman–Crippen LogP) is 2.22. The van der Waals surface area contributed by atoms with Crippen molar-refractivity contribution in [1.29, 1.82) is 0 Å². The number of carbonyl (C=O) groups excluding carboxylic acids is 1. The number of carbonyl (C=O) groups is 2. The van der Waals surface area contributed by atoms with Gasteiger partial charge in [0.1, 0.15) is 6.26 Å². The maximum Gasteiger partial charge on any atom is 0.308 e. The van der Waals surface area contributed by atoms with Crippen molar-refractivity contribution < 1.29 is 19.1 Å². The van der Waals surface area contributed by atoms with Gasteiger partial charge in [0.2, 0.25) is 0 Å². The Hall–Kier alpha value is -2.56. The summed E-state index contributed by atoms with van der Waals surface area (Å²) in [5.74, 6) is -1.82. The first kappa shape index (κ1) is 13.4. The lowest BCUT2D eigenvalue weighted by Crippen LogP contribution is -2.29. The van der Waals surface area contributed by atoms with Crippen LogP contribution in [-0.2, 0) is 4.79 Å². The van der Waals surface area contributed by atoms with Crippen molar-refractivity contribution in [2.75, 3.05) is 13.1 Å². The molecule has 0 saturated carbocycles. The van der Waals surface area contributed by atoms with E-state index in [1.165, 1.54) is 12.5 Å². The van der Waals surface area contributed by atoms with Crippen molar-refractivity contribution in [2.24, 2.45) is 5.92 Å². The second kappa shape index (κ2) is 5.44. The van der Waals surface area contributed by atoms with Crippen LogP contribution >= 0.6 is 0 Å². The van der Waals surface area contributed by atoms with Gasteiger partial charge in [-0.3, -0.25) is 9.59 Å². The monoisotopic (exact) mass is 285 g/mol. The van der Waals surface area contributed by atoms with E-state index in [1.807, 2.05) is 30.3 Å². The Kier molecular flexibility index (Phi) is 3.48. The molecule has 1 saturated heterocycles. The smallest absolute Gasteiger partial charge is 0.308 e. The number of nitrogens with zero attached hydrogens (tertiary/aromatic N) is 1. The predicted molar refractivity (Wildman–Crippen MR) is 74.9 cm³/mol. The van der Waals surface area contributed by atoms with Crippen LogP contribution in [0, 0.1) is 5.92 Å². The third-order valence-electron chi connectivity index (χ3n) is 3.92. The first-order chi connectivity index (χ1) is 10.2. The van der Waals surface area contributed by atoms with Gasteiger partial charge in [0.25, 0.3) is 5.91 Å². The summed E-state index contributed by atoms with van der Waals surface area (Å²) in [5, 5.41) is 9.42. The largest absolute Gasteiger partial charge is 0.481 e. The standard InChI is InChI=1S/C16H15NO4/c18-15(12-6-7-21-10-12)17-8-13(14(9-17)16(19)20)11-4-2-1-3-5-11/h1-7,10,13-14H,8-9H2,(H,19,20)/t13-,14-/m1/s1. The molecule has 1 aliphatic rings. The molecule has 3 rings (SSSR count). The van der Waals surface area contributed by atoms with Crippen molar-refractivity contribution in [2.45, 2.75) is 5.92 Å². The molecule has 0 radical (unpaired) electrons. The van der Waals surface area contributed by atoms with Gasteiger partial charge in [-0.05, 0) is 11.6 Å². The van der Waals surface area contributed by atoms with Crippen molar-refractivity contribution >= 4 is 11.9 Å². The molecule has 0 bridgehead atoms. The first-order valence-corrected chi connectivity index (χ1v) is 6.76. The second-order valence-electron chi connectivity index (χ2n) is 5.18. The molecule has 21 heavy (non-hydrogen) atoms. The Morgan fingerprint density at radius 3 is 2.52 bits per heavy atom. The normalized spacial score (nSPS) is 21.4. The van der Waals surface area contributed by atoms with Gasteiger partial charge in [0, 0.05) is 19.0 Å².